The number of pyridine rings is 1. The third-order valence-corrected chi connectivity index (χ3v) is 6.28. The van der Waals surface area contributed by atoms with Crippen LogP contribution in [0.5, 0.6) is 0 Å². The molecular weight excluding hydrogens is 405 g/mol. The maximum Gasteiger partial charge on any atom is 0.417 e. The molecule has 0 radical (unpaired) electrons. The molecule has 5 nitrogen and oxygen atoms in total. The SMILES string of the molecule is C[C@@H](NC(=O)CCNc1ncc(C(F)(F)F)cc1Cl)[C@@H]1CCCN(C2CCC2)C1. The van der Waals surface area contributed by atoms with E-state index < -0.39 is 11.7 Å². The number of rotatable bonds is 7. The van der Waals surface area contributed by atoms with Crippen LogP contribution in [0.3, 0.4) is 0 Å². The normalized spacial score (nSPS) is 22.0. The standard InChI is InChI=1S/C20H28ClF3N4O/c1-13(14-4-3-9-28(12-14)16-5-2-6-16)27-18(29)7-8-25-19-17(21)10-15(11-26-19)20(22,23)24/h10-11,13-14,16H,2-9,12H2,1H3,(H,25,26)(H,27,29)/t13-,14-/m1/s1. The number of carbonyl (C=O) groups is 1. The van der Waals surface area contributed by atoms with E-state index in [-0.39, 0.29) is 35.8 Å². The van der Waals surface area contributed by atoms with Gasteiger partial charge >= 0.3 is 6.18 Å². The van der Waals surface area contributed by atoms with Crippen molar-refractivity contribution in [3.05, 3.63) is 22.8 Å². The first kappa shape index (κ1) is 22.2. The molecule has 1 aromatic rings. The number of amides is 1. The Morgan fingerprint density at radius 3 is 2.72 bits per heavy atom. The predicted molar refractivity (Wildman–Crippen MR) is 107 cm³/mol. The van der Waals surface area contributed by atoms with Gasteiger partial charge < -0.3 is 15.5 Å². The number of hydrogen-bond donors (Lipinski definition) is 2. The number of aromatic nitrogens is 1. The first-order valence-electron chi connectivity index (χ1n) is 10.2. The van der Waals surface area contributed by atoms with E-state index in [9.17, 15) is 18.0 Å². The fourth-order valence-corrected chi connectivity index (χ4v) is 4.23. The molecule has 3 rings (SSSR count). The van der Waals surface area contributed by atoms with E-state index in [1.165, 1.54) is 25.7 Å². The average molecular weight is 433 g/mol. The number of nitrogens with zero attached hydrogens (tertiary/aromatic N) is 2. The Kier molecular flexibility index (Phi) is 7.27. The lowest BCUT2D eigenvalue weighted by atomic mass is 9.85. The van der Waals surface area contributed by atoms with Gasteiger partial charge in [-0.3, -0.25) is 4.79 Å². The molecular formula is C20H28ClF3N4O. The van der Waals surface area contributed by atoms with Gasteiger partial charge in [0.2, 0.25) is 5.91 Å². The Morgan fingerprint density at radius 2 is 2.10 bits per heavy atom. The molecule has 2 aliphatic rings. The smallest absolute Gasteiger partial charge is 0.368 e. The van der Waals surface area contributed by atoms with E-state index in [0.717, 1.165) is 37.8 Å². The second kappa shape index (κ2) is 9.51. The minimum absolute atomic E-state index is 0.0891. The van der Waals surface area contributed by atoms with Crippen molar-refractivity contribution in [1.29, 1.82) is 0 Å². The van der Waals surface area contributed by atoms with Gasteiger partial charge in [-0.1, -0.05) is 18.0 Å². The number of anilines is 1. The predicted octanol–water partition coefficient (Wildman–Crippen LogP) is 4.33. The molecule has 0 spiro atoms. The fourth-order valence-electron chi connectivity index (χ4n) is 3.99. The average Bonchev–Trinajstić information content (AvgIpc) is 2.61. The zero-order valence-electron chi connectivity index (χ0n) is 16.6. The highest BCUT2D eigenvalue weighted by molar-refractivity contribution is 6.32. The molecule has 0 aromatic carbocycles. The molecule has 2 heterocycles. The molecule has 9 heteroatoms. The Bertz CT molecular complexity index is 711. The highest BCUT2D eigenvalue weighted by Gasteiger charge is 2.32. The van der Waals surface area contributed by atoms with Gasteiger partial charge in [-0.15, -0.1) is 0 Å². The third-order valence-electron chi connectivity index (χ3n) is 5.99. The lowest BCUT2D eigenvalue weighted by Gasteiger charge is -2.43. The maximum atomic E-state index is 12.6. The highest BCUT2D eigenvalue weighted by Crippen LogP contribution is 2.32. The van der Waals surface area contributed by atoms with E-state index in [1.54, 1.807) is 0 Å². The molecule has 2 N–H and O–H groups in total. The van der Waals surface area contributed by atoms with Crippen LogP contribution in [-0.2, 0) is 11.0 Å². The van der Waals surface area contributed by atoms with Crippen LogP contribution in [0, 0.1) is 5.92 Å². The first-order valence-corrected chi connectivity index (χ1v) is 10.6. The zero-order valence-corrected chi connectivity index (χ0v) is 17.3. The Morgan fingerprint density at radius 1 is 1.34 bits per heavy atom. The van der Waals surface area contributed by atoms with Crippen LogP contribution >= 0.6 is 11.6 Å². The molecule has 2 atom stereocenters. The number of alkyl halides is 3. The lowest BCUT2D eigenvalue weighted by Crippen LogP contribution is -2.50. The Balaban J connectivity index is 1.41. The molecule has 0 bridgehead atoms. The summed E-state index contributed by atoms with van der Waals surface area (Å²) in [5.74, 6) is 0.505. The Hall–Kier alpha value is -1.54. The third kappa shape index (κ3) is 5.98. The monoisotopic (exact) mass is 432 g/mol. The van der Waals surface area contributed by atoms with Gasteiger partial charge in [0.15, 0.2) is 0 Å². The minimum Gasteiger partial charge on any atom is -0.368 e. The number of likely N-dealkylation sites (tertiary alicyclic amines) is 1. The van der Waals surface area contributed by atoms with Gasteiger partial charge in [0.1, 0.15) is 5.82 Å². The second-order valence-electron chi connectivity index (χ2n) is 8.07. The summed E-state index contributed by atoms with van der Waals surface area (Å²) in [6, 6.07) is 1.65. The molecule has 2 fully saturated rings. The van der Waals surface area contributed by atoms with Gasteiger partial charge in [-0.2, -0.15) is 13.2 Å². The molecule has 1 aliphatic heterocycles. The van der Waals surface area contributed by atoms with Gasteiger partial charge in [-0.25, -0.2) is 4.98 Å². The van der Waals surface area contributed by atoms with Crippen LogP contribution in [0.4, 0.5) is 19.0 Å². The summed E-state index contributed by atoms with van der Waals surface area (Å²) in [6.07, 6.45) is 2.63. The number of nitrogens with one attached hydrogen (secondary N) is 2. The lowest BCUT2D eigenvalue weighted by molar-refractivity contribution is -0.137. The summed E-state index contributed by atoms with van der Waals surface area (Å²) in [4.78, 5) is 18.6. The van der Waals surface area contributed by atoms with E-state index >= 15 is 0 Å². The van der Waals surface area contributed by atoms with Crippen LogP contribution in [0.2, 0.25) is 5.02 Å². The zero-order chi connectivity index (χ0) is 21.0. The molecule has 0 unspecified atom stereocenters. The van der Waals surface area contributed by atoms with Crippen molar-refractivity contribution in [2.45, 2.75) is 63.7 Å². The molecule has 1 saturated heterocycles. The summed E-state index contributed by atoms with van der Waals surface area (Å²) in [7, 11) is 0. The molecule has 1 aromatic heterocycles. The van der Waals surface area contributed by atoms with Crippen LogP contribution in [0.15, 0.2) is 12.3 Å². The number of piperidine rings is 1. The molecule has 1 aliphatic carbocycles. The second-order valence-corrected chi connectivity index (χ2v) is 8.47. The van der Waals surface area contributed by atoms with Crippen molar-refractivity contribution < 1.29 is 18.0 Å². The molecule has 162 valence electrons. The highest BCUT2D eigenvalue weighted by atomic mass is 35.5. The van der Waals surface area contributed by atoms with Crippen LogP contribution in [0.25, 0.3) is 0 Å². The van der Waals surface area contributed by atoms with E-state index in [0.29, 0.717) is 5.92 Å². The topological polar surface area (TPSA) is 57.3 Å². The fraction of sp³-hybridized carbons (Fsp3) is 0.700. The molecule has 1 amide bonds. The summed E-state index contributed by atoms with van der Waals surface area (Å²) in [5.41, 5.74) is -0.900. The number of halogens is 4. The van der Waals surface area contributed by atoms with Crippen molar-refractivity contribution in [2.75, 3.05) is 25.0 Å². The van der Waals surface area contributed by atoms with Gasteiger partial charge in [0, 0.05) is 37.8 Å². The quantitative estimate of drug-likeness (QED) is 0.673. The van der Waals surface area contributed by atoms with Crippen LogP contribution in [0.1, 0.15) is 51.0 Å². The minimum atomic E-state index is -4.49. The molecule has 29 heavy (non-hydrogen) atoms. The largest absolute Gasteiger partial charge is 0.417 e. The summed E-state index contributed by atoms with van der Waals surface area (Å²) < 4.78 is 37.9. The first-order chi connectivity index (χ1) is 13.7. The maximum absolute atomic E-state index is 12.6. The summed E-state index contributed by atoms with van der Waals surface area (Å²) in [6.45, 7) is 4.49. The van der Waals surface area contributed by atoms with Crippen molar-refractivity contribution >= 4 is 23.3 Å². The Labute approximate surface area is 174 Å². The van der Waals surface area contributed by atoms with Crippen molar-refractivity contribution in [1.82, 2.24) is 15.2 Å². The van der Waals surface area contributed by atoms with Gasteiger partial charge in [0.05, 0.1) is 10.6 Å². The number of hydrogen-bond acceptors (Lipinski definition) is 4. The van der Waals surface area contributed by atoms with E-state index in [1.807, 2.05) is 0 Å². The van der Waals surface area contributed by atoms with Gasteiger partial charge in [-0.05, 0) is 51.1 Å². The number of carbonyl (C=O) groups excluding carboxylic acids is 1. The van der Waals surface area contributed by atoms with Gasteiger partial charge in [0.25, 0.3) is 0 Å². The van der Waals surface area contributed by atoms with E-state index in [4.69, 9.17) is 11.6 Å². The van der Waals surface area contributed by atoms with Crippen LogP contribution < -0.4 is 10.6 Å². The molecule has 1 saturated carbocycles. The van der Waals surface area contributed by atoms with Crippen molar-refractivity contribution in [3.8, 4) is 0 Å². The van der Waals surface area contributed by atoms with Crippen LogP contribution in [-0.4, -0.2) is 47.5 Å². The van der Waals surface area contributed by atoms with Crippen molar-refractivity contribution in [2.24, 2.45) is 5.92 Å². The van der Waals surface area contributed by atoms with E-state index in [2.05, 4.69) is 27.4 Å². The van der Waals surface area contributed by atoms with Crippen molar-refractivity contribution in [3.63, 3.8) is 0 Å². The summed E-state index contributed by atoms with van der Waals surface area (Å²) in [5, 5.41) is 5.78. The summed E-state index contributed by atoms with van der Waals surface area (Å²) >= 11 is 5.86.